The maximum Gasteiger partial charge on any atom is 0.274 e. The van der Waals surface area contributed by atoms with Crippen LogP contribution in [-0.2, 0) is 4.74 Å². The molecule has 0 saturated carbocycles. The van der Waals surface area contributed by atoms with Gasteiger partial charge in [-0.3, -0.25) is 14.6 Å². The highest BCUT2D eigenvalue weighted by Gasteiger charge is 2.53. The summed E-state index contributed by atoms with van der Waals surface area (Å²) in [7, 11) is 0. The molecule has 150 valence electrons. The second-order valence-corrected chi connectivity index (χ2v) is 8.32. The van der Waals surface area contributed by atoms with Crippen LogP contribution in [0, 0.1) is 0 Å². The lowest BCUT2D eigenvalue weighted by atomic mass is 9.84. The van der Waals surface area contributed by atoms with Gasteiger partial charge in [0, 0.05) is 42.6 Å². The van der Waals surface area contributed by atoms with Crippen molar-refractivity contribution in [3.05, 3.63) is 53.1 Å². The second kappa shape index (κ2) is 6.67. The standard InChI is InChI=1S/C20H20ClN5O3/c21-13-1-2-15-14(9-13)17(27)25-20(24-15)11-19(29-12-20)3-7-26(8-4-19)18(28)16-10-22-5-6-23-16/h1-2,5-6,9-10,24H,3-4,7-8,11-12H2,(H,25,27). The number of carbonyl (C=O) groups is 2. The molecule has 2 fully saturated rings. The van der Waals surface area contributed by atoms with Gasteiger partial charge in [0.2, 0.25) is 0 Å². The first-order chi connectivity index (χ1) is 14.0. The average molecular weight is 414 g/mol. The van der Waals surface area contributed by atoms with Crippen molar-refractivity contribution in [2.45, 2.75) is 30.5 Å². The van der Waals surface area contributed by atoms with E-state index >= 15 is 0 Å². The second-order valence-electron chi connectivity index (χ2n) is 7.88. The van der Waals surface area contributed by atoms with Crippen LogP contribution < -0.4 is 10.6 Å². The lowest BCUT2D eigenvalue weighted by Gasteiger charge is -2.41. The zero-order chi connectivity index (χ0) is 20.1. The largest absolute Gasteiger partial charge is 0.370 e. The minimum Gasteiger partial charge on any atom is -0.370 e. The van der Waals surface area contributed by atoms with E-state index in [0.29, 0.717) is 55.2 Å². The third kappa shape index (κ3) is 3.22. The summed E-state index contributed by atoms with van der Waals surface area (Å²) in [5, 5.41) is 7.05. The van der Waals surface area contributed by atoms with Crippen molar-refractivity contribution < 1.29 is 14.3 Å². The fourth-order valence-corrected chi connectivity index (χ4v) is 4.66. The first kappa shape index (κ1) is 18.3. The first-order valence-electron chi connectivity index (χ1n) is 9.57. The number of rotatable bonds is 1. The predicted molar refractivity (Wildman–Crippen MR) is 106 cm³/mol. The maximum atomic E-state index is 12.6. The Bertz CT molecular complexity index is 977. The Hall–Kier alpha value is -2.71. The lowest BCUT2D eigenvalue weighted by Crippen LogP contribution is -2.59. The molecular weight excluding hydrogens is 394 g/mol. The van der Waals surface area contributed by atoms with Gasteiger partial charge in [0.15, 0.2) is 0 Å². The number of anilines is 1. The van der Waals surface area contributed by atoms with Crippen LogP contribution >= 0.6 is 11.6 Å². The molecule has 8 nitrogen and oxygen atoms in total. The molecule has 2 N–H and O–H groups in total. The molecule has 3 aliphatic rings. The zero-order valence-corrected chi connectivity index (χ0v) is 16.4. The summed E-state index contributed by atoms with van der Waals surface area (Å²) in [6.07, 6.45) is 6.59. The van der Waals surface area contributed by atoms with Crippen LogP contribution in [0.3, 0.4) is 0 Å². The van der Waals surface area contributed by atoms with Crippen LogP contribution in [0.1, 0.15) is 40.1 Å². The molecule has 0 aliphatic carbocycles. The highest BCUT2D eigenvalue weighted by Crippen LogP contribution is 2.43. The van der Waals surface area contributed by atoms with E-state index in [9.17, 15) is 9.59 Å². The number of hydrogen-bond acceptors (Lipinski definition) is 6. The van der Waals surface area contributed by atoms with Gasteiger partial charge < -0.3 is 20.3 Å². The molecule has 1 aromatic carbocycles. The van der Waals surface area contributed by atoms with Crippen LogP contribution in [-0.4, -0.2) is 57.6 Å². The Balaban J connectivity index is 1.29. The van der Waals surface area contributed by atoms with Gasteiger partial charge in [-0.25, -0.2) is 4.98 Å². The average Bonchev–Trinajstić information content (AvgIpc) is 3.06. The van der Waals surface area contributed by atoms with Crippen molar-refractivity contribution in [2.24, 2.45) is 0 Å². The molecule has 9 heteroatoms. The van der Waals surface area contributed by atoms with E-state index in [1.54, 1.807) is 23.2 Å². The smallest absolute Gasteiger partial charge is 0.274 e. The highest BCUT2D eigenvalue weighted by atomic mass is 35.5. The summed E-state index contributed by atoms with van der Waals surface area (Å²) in [5.74, 6) is -0.271. The van der Waals surface area contributed by atoms with Gasteiger partial charge in [-0.05, 0) is 31.0 Å². The highest BCUT2D eigenvalue weighted by molar-refractivity contribution is 6.31. The molecule has 1 unspecified atom stereocenters. The molecule has 3 aliphatic heterocycles. The minimum atomic E-state index is -0.644. The maximum absolute atomic E-state index is 12.6. The number of nitrogens with one attached hydrogen (secondary N) is 2. The number of ether oxygens (including phenoxy) is 1. The number of likely N-dealkylation sites (tertiary alicyclic amines) is 1. The Kier molecular flexibility index (Phi) is 4.22. The van der Waals surface area contributed by atoms with Gasteiger partial charge in [-0.1, -0.05) is 11.6 Å². The number of aromatic nitrogens is 2. The van der Waals surface area contributed by atoms with Crippen molar-refractivity contribution in [3.63, 3.8) is 0 Å². The van der Waals surface area contributed by atoms with Crippen LogP contribution in [0.2, 0.25) is 5.02 Å². The monoisotopic (exact) mass is 413 g/mol. The van der Waals surface area contributed by atoms with E-state index in [0.717, 1.165) is 5.69 Å². The Morgan fingerprint density at radius 2 is 2.03 bits per heavy atom. The van der Waals surface area contributed by atoms with Crippen LogP contribution in [0.25, 0.3) is 0 Å². The predicted octanol–water partition coefficient (Wildman–Crippen LogP) is 2.08. The van der Waals surface area contributed by atoms with Gasteiger partial charge in [-0.2, -0.15) is 0 Å². The molecular formula is C20H20ClN5O3. The van der Waals surface area contributed by atoms with Crippen molar-refractivity contribution in [1.29, 1.82) is 0 Å². The number of amides is 2. The fourth-order valence-electron chi connectivity index (χ4n) is 4.49. The topological polar surface area (TPSA) is 96.5 Å². The van der Waals surface area contributed by atoms with E-state index in [-0.39, 0.29) is 17.4 Å². The van der Waals surface area contributed by atoms with Crippen LogP contribution in [0.15, 0.2) is 36.8 Å². The summed E-state index contributed by atoms with van der Waals surface area (Å²) in [5.41, 5.74) is 0.629. The van der Waals surface area contributed by atoms with Crippen molar-refractivity contribution in [1.82, 2.24) is 20.2 Å². The summed E-state index contributed by atoms with van der Waals surface area (Å²) in [4.78, 5) is 35.1. The minimum absolute atomic E-state index is 0.115. The molecule has 2 spiro atoms. The van der Waals surface area contributed by atoms with E-state index in [1.165, 1.54) is 12.4 Å². The molecule has 1 aromatic heterocycles. The number of halogens is 1. The molecule has 0 bridgehead atoms. The normalized spacial score (nSPS) is 24.9. The van der Waals surface area contributed by atoms with Crippen LogP contribution in [0.4, 0.5) is 5.69 Å². The molecule has 0 radical (unpaired) electrons. The number of hydrogen-bond donors (Lipinski definition) is 2. The van der Waals surface area contributed by atoms with E-state index in [1.807, 2.05) is 6.07 Å². The zero-order valence-electron chi connectivity index (χ0n) is 15.7. The molecule has 2 saturated heterocycles. The summed E-state index contributed by atoms with van der Waals surface area (Å²) in [6, 6.07) is 5.25. The Morgan fingerprint density at radius 3 is 2.79 bits per heavy atom. The van der Waals surface area contributed by atoms with E-state index in [4.69, 9.17) is 16.3 Å². The number of benzene rings is 1. The first-order valence-corrected chi connectivity index (χ1v) is 9.95. The molecule has 1 atom stereocenters. The fraction of sp³-hybridized carbons (Fsp3) is 0.400. The number of nitrogens with zero attached hydrogens (tertiary/aromatic N) is 3. The molecule has 5 rings (SSSR count). The number of fused-ring (bicyclic) bond motifs is 1. The number of carbonyl (C=O) groups excluding carboxylic acids is 2. The van der Waals surface area contributed by atoms with Gasteiger partial charge in [0.25, 0.3) is 11.8 Å². The molecule has 2 aromatic rings. The van der Waals surface area contributed by atoms with Crippen molar-refractivity contribution in [3.8, 4) is 0 Å². The van der Waals surface area contributed by atoms with Gasteiger partial charge in [-0.15, -0.1) is 0 Å². The lowest BCUT2D eigenvalue weighted by molar-refractivity contribution is -0.0394. The van der Waals surface area contributed by atoms with E-state index < -0.39 is 5.66 Å². The van der Waals surface area contributed by atoms with Crippen molar-refractivity contribution >= 4 is 29.1 Å². The number of piperidine rings is 1. The summed E-state index contributed by atoms with van der Waals surface area (Å²) in [6.45, 7) is 1.52. The SMILES string of the molecule is O=C1NC2(COC3(CCN(C(=O)c4cnccn4)CC3)C2)Nc2ccc(Cl)cc21. The molecule has 2 amide bonds. The third-order valence-electron chi connectivity index (χ3n) is 5.95. The molecule has 29 heavy (non-hydrogen) atoms. The van der Waals surface area contributed by atoms with Gasteiger partial charge in [0.1, 0.15) is 11.4 Å². The third-order valence-corrected chi connectivity index (χ3v) is 6.18. The molecule has 4 heterocycles. The van der Waals surface area contributed by atoms with Gasteiger partial charge in [0.05, 0.1) is 24.0 Å². The summed E-state index contributed by atoms with van der Waals surface area (Å²) >= 11 is 6.02. The van der Waals surface area contributed by atoms with Crippen molar-refractivity contribution in [2.75, 3.05) is 25.0 Å². The quantitative estimate of drug-likeness (QED) is 0.743. The van der Waals surface area contributed by atoms with Crippen LogP contribution in [0.5, 0.6) is 0 Å². The Morgan fingerprint density at radius 1 is 1.21 bits per heavy atom. The van der Waals surface area contributed by atoms with Gasteiger partial charge >= 0.3 is 0 Å². The summed E-state index contributed by atoms with van der Waals surface area (Å²) < 4.78 is 6.23. The Labute approximate surface area is 172 Å². The van der Waals surface area contributed by atoms with E-state index in [2.05, 4.69) is 20.6 Å².